The first-order chi connectivity index (χ1) is 10.2. The van der Waals surface area contributed by atoms with Crippen LogP contribution in [-0.4, -0.2) is 36.5 Å². The van der Waals surface area contributed by atoms with Crippen LogP contribution >= 0.6 is 0 Å². The van der Waals surface area contributed by atoms with Crippen molar-refractivity contribution >= 4 is 0 Å². The van der Waals surface area contributed by atoms with Gasteiger partial charge in [-0.05, 0) is 25.1 Å². The maximum Gasteiger partial charge on any atom is 0.0479 e. The molecule has 3 rings (SSSR count). The molecule has 0 amide bonds. The normalized spacial score (nSPS) is 20.6. The van der Waals surface area contributed by atoms with Crippen molar-refractivity contribution in [2.45, 2.75) is 19.5 Å². The molecular weight excluding hydrogens is 256 g/mol. The summed E-state index contributed by atoms with van der Waals surface area (Å²) in [5.41, 5.74) is 4.17. The van der Waals surface area contributed by atoms with Gasteiger partial charge < -0.3 is 4.90 Å². The summed E-state index contributed by atoms with van der Waals surface area (Å²) in [6, 6.07) is 20.3. The van der Waals surface area contributed by atoms with Gasteiger partial charge in [0.05, 0.1) is 0 Å². The Bertz CT molecular complexity index is 562. The van der Waals surface area contributed by atoms with Crippen molar-refractivity contribution in [1.82, 2.24) is 9.80 Å². The molecule has 110 valence electrons. The second kappa shape index (κ2) is 6.42. The van der Waals surface area contributed by atoms with Gasteiger partial charge in [0.25, 0.3) is 0 Å². The van der Waals surface area contributed by atoms with E-state index in [1.54, 1.807) is 0 Å². The quantitative estimate of drug-likeness (QED) is 0.849. The van der Waals surface area contributed by atoms with E-state index in [4.69, 9.17) is 0 Å². The molecule has 0 saturated carbocycles. The zero-order chi connectivity index (χ0) is 14.7. The Morgan fingerprint density at radius 3 is 2.38 bits per heavy atom. The SMILES string of the molecule is Cc1ccc(CN2CCN(C)CC2c2ccccc2)cc1. The maximum atomic E-state index is 2.61. The molecule has 1 heterocycles. The van der Waals surface area contributed by atoms with E-state index >= 15 is 0 Å². The average Bonchev–Trinajstić information content (AvgIpc) is 2.52. The number of hydrogen-bond donors (Lipinski definition) is 0. The molecule has 1 atom stereocenters. The Hall–Kier alpha value is -1.64. The van der Waals surface area contributed by atoms with E-state index in [1.807, 2.05) is 0 Å². The molecule has 1 aliphatic heterocycles. The van der Waals surface area contributed by atoms with E-state index < -0.39 is 0 Å². The summed E-state index contributed by atoms with van der Waals surface area (Å²) in [7, 11) is 2.22. The molecule has 1 aliphatic rings. The van der Waals surface area contributed by atoms with Crippen LogP contribution in [0.15, 0.2) is 54.6 Å². The fraction of sp³-hybridized carbons (Fsp3) is 0.368. The van der Waals surface area contributed by atoms with E-state index in [-0.39, 0.29) is 0 Å². The van der Waals surface area contributed by atoms with Gasteiger partial charge in [0.1, 0.15) is 0 Å². The first-order valence-electron chi connectivity index (χ1n) is 7.75. The summed E-state index contributed by atoms with van der Waals surface area (Å²) in [5.74, 6) is 0. The Morgan fingerprint density at radius 2 is 1.67 bits per heavy atom. The number of benzene rings is 2. The number of nitrogens with zero attached hydrogens (tertiary/aromatic N) is 2. The molecule has 0 bridgehead atoms. The van der Waals surface area contributed by atoms with Gasteiger partial charge in [-0.3, -0.25) is 4.90 Å². The summed E-state index contributed by atoms with van der Waals surface area (Å²) in [6.45, 7) is 6.56. The van der Waals surface area contributed by atoms with Crippen molar-refractivity contribution in [3.8, 4) is 0 Å². The number of rotatable bonds is 3. The van der Waals surface area contributed by atoms with E-state index in [1.165, 1.54) is 16.7 Å². The number of hydrogen-bond acceptors (Lipinski definition) is 2. The van der Waals surface area contributed by atoms with Crippen molar-refractivity contribution in [2.75, 3.05) is 26.7 Å². The molecule has 1 unspecified atom stereocenters. The Labute approximate surface area is 128 Å². The molecule has 2 aromatic carbocycles. The maximum absolute atomic E-state index is 2.61. The Balaban J connectivity index is 1.79. The highest BCUT2D eigenvalue weighted by Crippen LogP contribution is 2.26. The molecule has 0 aromatic heterocycles. The van der Waals surface area contributed by atoms with Crippen molar-refractivity contribution in [1.29, 1.82) is 0 Å². The fourth-order valence-electron chi connectivity index (χ4n) is 3.07. The van der Waals surface area contributed by atoms with Gasteiger partial charge in [-0.1, -0.05) is 60.2 Å². The van der Waals surface area contributed by atoms with Crippen LogP contribution < -0.4 is 0 Å². The predicted molar refractivity (Wildman–Crippen MR) is 88.3 cm³/mol. The van der Waals surface area contributed by atoms with Crippen LogP contribution in [0.4, 0.5) is 0 Å². The number of piperazine rings is 1. The molecule has 0 radical (unpaired) electrons. The van der Waals surface area contributed by atoms with Crippen LogP contribution in [0.5, 0.6) is 0 Å². The molecule has 0 aliphatic carbocycles. The van der Waals surface area contributed by atoms with Crippen molar-refractivity contribution < 1.29 is 0 Å². The minimum absolute atomic E-state index is 0.492. The van der Waals surface area contributed by atoms with Crippen LogP contribution in [0.1, 0.15) is 22.7 Å². The van der Waals surface area contributed by atoms with Gasteiger partial charge in [-0.25, -0.2) is 0 Å². The summed E-state index contributed by atoms with van der Waals surface area (Å²) in [5, 5.41) is 0. The lowest BCUT2D eigenvalue weighted by Crippen LogP contribution is -2.46. The second-order valence-corrected chi connectivity index (χ2v) is 6.14. The van der Waals surface area contributed by atoms with Gasteiger partial charge >= 0.3 is 0 Å². The number of likely N-dealkylation sites (N-methyl/N-ethyl adjacent to an activating group) is 1. The minimum atomic E-state index is 0.492. The third kappa shape index (κ3) is 3.52. The van der Waals surface area contributed by atoms with Gasteiger partial charge in [-0.2, -0.15) is 0 Å². The molecule has 0 spiro atoms. The first kappa shape index (κ1) is 14.3. The Kier molecular flexibility index (Phi) is 4.37. The van der Waals surface area contributed by atoms with Gasteiger partial charge in [0.15, 0.2) is 0 Å². The second-order valence-electron chi connectivity index (χ2n) is 6.14. The summed E-state index contributed by atoms with van der Waals surface area (Å²) < 4.78 is 0. The van der Waals surface area contributed by atoms with Crippen molar-refractivity contribution in [3.63, 3.8) is 0 Å². The highest BCUT2D eigenvalue weighted by atomic mass is 15.3. The molecule has 21 heavy (non-hydrogen) atoms. The van der Waals surface area contributed by atoms with Crippen LogP contribution in [-0.2, 0) is 6.54 Å². The average molecular weight is 280 g/mol. The monoisotopic (exact) mass is 280 g/mol. The minimum Gasteiger partial charge on any atom is -0.303 e. The zero-order valence-electron chi connectivity index (χ0n) is 13.0. The standard InChI is InChI=1S/C19H24N2/c1-16-8-10-17(11-9-16)14-21-13-12-20(2)15-19(21)18-6-4-3-5-7-18/h3-11,19H,12-15H2,1-2H3. The molecule has 0 N–H and O–H groups in total. The van der Waals surface area contributed by atoms with Gasteiger partial charge in [-0.15, -0.1) is 0 Å². The van der Waals surface area contributed by atoms with E-state index in [0.29, 0.717) is 6.04 Å². The zero-order valence-corrected chi connectivity index (χ0v) is 13.0. The third-order valence-electron chi connectivity index (χ3n) is 4.38. The van der Waals surface area contributed by atoms with Crippen LogP contribution in [0, 0.1) is 6.92 Å². The summed E-state index contributed by atoms with van der Waals surface area (Å²) >= 11 is 0. The largest absolute Gasteiger partial charge is 0.303 e. The van der Waals surface area contributed by atoms with E-state index in [2.05, 4.69) is 78.4 Å². The summed E-state index contributed by atoms with van der Waals surface area (Å²) in [4.78, 5) is 5.04. The van der Waals surface area contributed by atoms with Gasteiger partial charge in [0, 0.05) is 32.2 Å². The highest BCUT2D eigenvalue weighted by Gasteiger charge is 2.26. The Morgan fingerprint density at radius 1 is 0.952 bits per heavy atom. The van der Waals surface area contributed by atoms with E-state index in [9.17, 15) is 0 Å². The topological polar surface area (TPSA) is 6.48 Å². The molecular formula is C19H24N2. The van der Waals surface area contributed by atoms with Gasteiger partial charge in [0.2, 0.25) is 0 Å². The molecule has 2 aromatic rings. The summed E-state index contributed by atoms with van der Waals surface area (Å²) in [6.07, 6.45) is 0. The van der Waals surface area contributed by atoms with Crippen LogP contribution in [0.3, 0.4) is 0 Å². The van der Waals surface area contributed by atoms with E-state index in [0.717, 1.165) is 26.2 Å². The smallest absolute Gasteiger partial charge is 0.0479 e. The van der Waals surface area contributed by atoms with Crippen LogP contribution in [0.25, 0.3) is 0 Å². The molecule has 1 fully saturated rings. The lowest BCUT2D eigenvalue weighted by Gasteiger charge is -2.40. The van der Waals surface area contributed by atoms with Crippen LogP contribution in [0.2, 0.25) is 0 Å². The highest BCUT2D eigenvalue weighted by molar-refractivity contribution is 5.23. The lowest BCUT2D eigenvalue weighted by atomic mass is 10.0. The first-order valence-corrected chi connectivity index (χ1v) is 7.75. The van der Waals surface area contributed by atoms with Crippen molar-refractivity contribution in [3.05, 3.63) is 71.3 Å². The molecule has 2 heteroatoms. The number of aryl methyl sites for hydroxylation is 1. The third-order valence-corrected chi connectivity index (χ3v) is 4.38. The molecule has 1 saturated heterocycles. The lowest BCUT2D eigenvalue weighted by molar-refractivity contribution is 0.0834. The fourth-order valence-corrected chi connectivity index (χ4v) is 3.07. The molecule has 2 nitrogen and oxygen atoms in total. The van der Waals surface area contributed by atoms with Crippen molar-refractivity contribution in [2.24, 2.45) is 0 Å². The predicted octanol–water partition coefficient (Wildman–Crippen LogP) is 3.48.